The second-order valence-corrected chi connectivity index (χ2v) is 13.0. The van der Waals surface area contributed by atoms with Gasteiger partial charge >= 0.3 is 6.18 Å². The molecule has 0 spiro atoms. The normalized spacial score (nSPS) is 49.6. The van der Waals surface area contributed by atoms with Crippen LogP contribution in [0.5, 0.6) is 0 Å². The van der Waals surface area contributed by atoms with Gasteiger partial charge in [-0.05, 0) is 111 Å². The number of carbonyl (C=O) groups is 1. The van der Waals surface area contributed by atoms with Gasteiger partial charge in [-0.2, -0.15) is 18.3 Å². The highest BCUT2D eigenvalue weighted by Crippen LogP contribution is 2.76. The monoisotopic (exact) mass is 478 g/mol. The Hall–Kier alpha value is -1.37. The molecule has 0 aromatic carbocycles. The number of fused-ring (bicyclic) bond motifs is 7. The van der Waals surface area contributed by atoms with Crippen LogP contribution in [-0.4, -0.2) is 26.3 Å². The second kappa shape index (κ2) is 7.33. The van der Waals surface area contributed by atoms with Crippen LogP contribution in [0, 0.1) is 58.7 Å². The molecule has 5 saturated carbocycles. The van der Waals surface area contributed by atoms with Gasteiger partial charge in [0.05, 0.1) is 12.1 Å². The van der Waals surface area contributed by atoms with E-state index in [9.17, 15) is 23.1 Å². The number of hydrogen-bond acceptors (Lipinski definition) is 3. The molecule has 0 bridgehead atoms. The molecule has 0 radical (unpaired) electrons. The highest BCUT2D eigenvalue weighted by atomic mass is 19.4. The van der Waals surface area contributed by atoms with Gasteiger partial charge in [-0.3, -0.25) is 9.48 Å². The van der Waals surface area contributed by atoms with Crippen molar-refractivity contribution in [3.05, 3.63) is 18.0 Å². The van der Waals surface area contributed by atoms with Crippen molar-refractivity contribution in [1.29, 1.82) is 0 Å². The zero-order chi connectivity index (χ0) is 24.2. The standard InChI is InChI=1S/C27H37F3N2O2/c1-14-21-22(14)24(19(33)13-32-11-8-20(31-32)27(28,29)30)26(3)10-7-17-16-6-9-25(2,34)12-15(16)4-5-18(17)23(21)26/h8,11,14-18,21-24,34H,4-7,9-10,12-13H2,1-3H3/t14-,15+,16-,17+,18+,21+,22-,23+,24-,25+,26-/m0/s1. The van der Waals surface area contributed by atoms with E-state index < -0.39 is 17.5 Å². The van der Waals surface area contributed by atoms with Crippen molar-refractivity contribution in [2.75, 3.05) is 0 Å². The van der Waals surface area contributed by atoms with Crippen LogP contribution in [0.1, 0.15) is 71.4 Å². The summed E-state index contributed by atoms with van der Waals surface area (Å²) in [6.45, 7) is 6.52. The van der Waals surface area contributed by atoms with E-state index in [1.54, 1.807) is 0 Å². The van der Waals surface area contributed by atoms with Gasteiger partial charge in [0.25, 0.3) is 0 Å². The van der Waals surface area contributed by atoms with Crippen molar-refractivity contribution >= 4 is 5.78 Å². The lowest BCUT2D eigenvalue weighted by Gasteiger charge is -2.58. The van der Waals surface area contributed by atoms with Gasteiger partial charge in [0.15, 0.2) is 11.5 Å². The van der Waals surface area contributed by atoms with Gasteiger partial charge in [0.2, 0.25) is 0 Å². The fraction of sp³-hybridized carbons (Fsp3) is 0.852. The SMILES string of the molecule is C[C@H]1[C@@H]2[C@H]1[C@H](C(=O)Cn1ccc(C(F)(F)F)n1)[C@@]1(C)CC[C@H]3[C@@H](CC[C@@H]4C[C@](C)(O)CC[C@@H]43)[C@H]21. The Bertz CT molecular complexity index is 987. The first-order chi connectivity index (χ1) is 15.9. The molecule has 1 heterocycles. The molecule has 7 heteroatoms. The van der Waals surface area contributed by atoms with Crippen LogP contribution < -0.4 is 0 Å². The summed E-state index contributed by atoms with van der Waals surface area (Å²) in [6.07, 6.45) is 4.33. The highest BCUT2D eigenvalue weighted by molar-refractivity contribution is 5.83. The van der Waals surface area contributed by atoms with E-state index in [0.29, 0.717) is 47.3 Å². The molecule has 188 valence electrons. The predicted octanol–water partition coefficient (Wildman–Crippen LogP) is 5.59. The largest absolute Gasteiger partial charge is 0.435 e. The molecular formula is C27H37F3N2O2. The highest BCUT2D eigenvalue weighted by Gasteiger charge is 2.73. The third-order valence-electron chi connectivity index (χ3n) is 11.2. The quantitative estimate of drug-likeness (QED) is 0.616. The van der Waals surface area contributed by atoms with E-state index in [0.717, 1.165) is 38.2 Å². The molecule has 0 unspecified atom stereocenters. The number of Topliss-reactive ketones (excluding diaryl/α,β-unsaturated/α-hetero) is 1. The van der Waals surface area contributed by atoms with Crippen LogP contribution in [0.25, 0.3) is 0 Å². The van der Waals surface area contributed by atoms with Crippen molar-refractivity contribution in [3.63, 3.8) is 0 Å². The van der Waals surface area contributed by atoms with Crippen molar-refractivity contribution in [1.82, 2.24) is 9.78 Å². The van der Waals surface area contributed by atoms with Gasteiger partial charge in [-0.1, -0.05) is 13.8 Å². The zero-order valence-electron chi connectivity index (χ0n) is 20.4. The van der Waals surface area contributed by atoms with Crippen molar-refractivity contribution < 1.29 is 23.1 Å². The summed E-state index contributed by atoms with van der Waals surface area (Å²) >= 11 is 0. The van der Waals surface area contributed by atoms with Gasteiger partial charge in [0.1, 0.15) is 0 Å². The lowest BCUT2D eigenvalue weighted by Crippen LogP contribution is -2.52. The van der Waals surface area contributed by atoms with E-state index in [1.807, 2.05) is 6.92 Å². The molecule has 0 saturated heterocycles. The molecule has 0 amide bonds. The number of ketones is 1. The minimum Gasteiger partial charge on any atom is -0.390 e. The van der Waals surface area contributed by atoms with Crippen LogP contribution in [0.4, 0.5) is 13.2 Å². The Kier molecular flexibility index (Phi) is 4.97. The van der Waals surface area contributed by atoms with Crippen LogP contribution >= 0.6 is 0 Å². The molecule has 0 aliphatic heterocycles. The summed E-state index contributed by atoms with van der Waals surface area (Å²) in [5, 5.41) is 14.3. The van der Waals surface area contributed by atoms with E-state index in [-0.39, 0.29) is 23.7 Å². The first kappa shape index (κ1) is 23.1. The van der Waals surface area contributed by atoms with E-state index in [2.05, 4.69) is 18.9 Å². The Morgan fingerprint density at radius 1 is 1.12 bits per heavy atom. The summed E-state index contributed by atoms with van der Waals surface area (Å²) in [7, 11) is 0. The number of alkyl halides is 3. The van der Waals surface area contributed by atoms with Crippen LogP contribution in [0.3, 0.4) is 0 Å². The number of carbonyl (C=O) groups excluding carboxylic acids is 1. The summed E-state index contributed by atoms with van der Waals surface area (Å²) in [5.74, 6) is 4.73. The van der Waals surface area contributed by atoms with E-state index >= 15 is 0 Å². The minimum absolute atomic E-state index is 0.0485. The number of nitrogens with zero attached hydrogens (tertiary/aromatic N) is 2. The van der Waals surface area contributed by atoms with Crippen molar-refractivity contribution in [3.8, 4) is 0 Å². The molecule has 11 atom stereocenters. The number of hydrogen-bond donors (Lipinski definition) is 1. The number of halogens is 3. The third-order valence-corrected chi connectivity index (χ3v) is 11.2. The average molecular weight is 479 g/mol. The molecule has 1 aromatic heterocycles. The van der Waals surface area contributed by atoms with Gasteiger partial charge in [-0.25, -0.2) is 0 Å². The Balaban J connectivity index is 1.23. The van der Waals surface area contributed by atoms with Crippen LogP contribution in [0.15, 0.2) is 12.3 Å². The van der Waals surface area contributed by atoms with Crippen LogP contribution in [0.2, 0.25) is 0 Å². The van der Waals surface area contributed by atoms with Crippen LogP contribution in [-0.2, 0) is 17.5 Å². The summed E-state index contributed by atoms with van der Waals surface area (Å²) < 4.78 is 40.1. The summed E-state index contributed by atoms with van der Waals surface area (Å²) in [6, 6.07) is 0.959. The average Bonchev–Trinajstić information content (AvgIpc) is 3.10. The van der Waals surface area contributed by atoms with Crippen molar-refractivity contribution in [2.45, 2.75) is 84.0 Å². The number of aromatic nitrogens is 2. The molecule has 5 fully saturated rings. The summed E-state index contributed by atoms with van der Waals surface area (Å²) in [5.41, 5.74) is -1.50. The van der Waals surface area contributed by atoms with Gasteiger partial charge in [-0.15, -0.1) is 0 Å². The lowest BCUT2D eigenvalue weighted by molar-refractivity contribution is -0.142. The fourth-order valence-corrected chi connectivity index (χ4v) is 9.94. The molecule has 34 heavy (non-hydrogen) atoms. The minimum atomic E-state index is -4.49. The number of aliphatic hydroxyl groups is 1. The fourth-order valence-electron chi connectivity index (χ4n) is 9.94. The maximum Gasteiger partial charge on any atom is 0.435 e. The second-order valence-electron chi connectivity index (χ2n) is 13.0. The molecule has 1 aromatic rings. The maximum absolute atomic E-state index is 13.6. The maximum atomic E-state index is 13.6. The molecule has 5 aliphatic carbocycles. The molecule has 4 nitrogen and oxygen atoms in total. The Labute approximate surface area is 199 Å². The topological polar surface area (TPSA) is 55.1 Å². The molecule has 5 aliphatic rings. The van der Waals surface area contributed by atoms with E-state index in [1.165, 1.54) is 23.7 Å². The first-order valence-corrected chi connectivity index (χ1v) is 13.3. The molecule has 6 rings (SSSR count). The Morgan fingerprint density at radius 2 is 1.85 bits per heavy atom. The smallest absolute Gasteiger partial charge is 0.390 e. The molecule has 1 N–H and O–H groups in total. The number of rotatable bonds is 3. The molecular weight excluding hydrogens is 441 g/mol. The Morgan fingerprint density at radius 3 is 2.56 bits per heavy atom. The lowest BCUT2D eigenvalue weighted by atomic mass is 9.47. The zero-order valence-corrected chi connectivity index (χ0v) is 20.4. The van der Waals surface area contributed by atoms with Gasteiger partial charge in [0, 0.05) is 12.1 Å². The third kappa shape index (κ3) is 3.35. The first-order valence-electron chi connectivity index (χ1n) is 13.3. The van der Waals surface area contributed by atoms with Crippen molar-refractivity contribution in [2.24, 2.45) is 58.7 Å². The van der Waals surface area contributed by atoms with Gasteiger partial charge < -0.3 is 5.11 Å². The summed E-state index contributed by atoms with van der Waals surface area (Å²) in [4.78, 5) is 13.6. The van der Waals surface area contributed by atoms with E-state index in [4.69, 9.17) is 0 Å². The predicted molar refractivity (Wildman–Crippen MR) is 120 cm³/mol.